The van der Waals surface area contributed by atoms with Crippen LogP contribution in [0.15, 0.2) is 0 Å². The molecule has 6 fully saturated rings. The number of carbonyl (C=O) groups is 1. The van der Waals surface area contributed by atoms with E-state index in [9.17, 15) is 4.79 Å². The molecule has 0 aromatic heterocycles. The largest absolute Gasteiger partial charge is 0.463 e. The SMILES string of the molecule is CC(=O)O[C@H]1CC[C@@]2(C)[C@@H](CC[C@@H]3[C@@H]2CC[C@]2(C)[C@@H]4[C@H](C[C@@H]32)O[C@]2(CC[C@H](C)CO2)[C@H]4C)C1. The van der Waals surface area contributed by atoms with E-state index in [0.29, 0.717) is 34.7 Å². The van der Waals surface area contributed by atoms with Crippen LogP contribution in [0.4, 0.5) is 0 Å². The molecule has 2 heterocycles. The van der Waals surface area contributed by atoms with Crippen LogP contribution in [-0.2, 0) is 19.0 Å². The molecule has 0 aromatic carbocycles. The summed E-state index contributed by atoms with van der Waals surface area (Å²) in [5.74, 6) is 4.63. The first-order valence-electron chi connectivity index (χ1n) is 14.2. The predicted molar refractivity (Wildman–Crippen MR) is 127 cm³/mol. The topological polar surface area (TPSA) is 44.8 Å². The Morgan fingerprint density at radius 1 is 0.909 bits per heavy atom. The molecule has 4 saturated carbocycles. The van der Waals surface area contributed by atoms with Crippen molar-refractivity contribution in [2.45, 2.75) is 117 Å². The minimum atomic E-state index is -0.300. The van der Waals surface area contributed by atoms with Gasteiger partial charge in [-0.05, 0) is 104 Å². The Morgan fingerprint density at radius 2 is 1.70 bits per heavy atom. The quantitative estimate of drug-likeness (QED) is 0.429. The third-order valence-corrected chi connectivity index (χ3v) is 12.2. The van der Waals surface area contributed by atoms with Crippen molar-refractivity contribution >= 4 is 5.97 Å². The van der Waals surface area contributed by atoms with E-state index in [1.807, 2.05) is 0 Å². The molecule has 4 aliphatic carbocycles. The van der Waals surface area contributed by atoms with Crippen LogP contribution in [0.5, 0.6) is 0 Å². The molecule has 186 valence electrons. The highest BCUT2D eigenvalue weighted by atomic mass is 16.7. The number of esters is 1. The van der Waals surface area contributed by atoms with Crippen LogP contribution in [0.1, 0.15) is 98.8 Å². The Bertz CT molecular complexity index is 786. The molecular weight excluding hydrogens is 412 g/mol. The normalized spacial score (nSPS) is 57.7. The van der Waals surface area contributed by atoms with Gasteiger partial charge in [-0.2, -0.15) is 0 Å². The van der Waals surface area contributed by atoms with E-state index in [0.717, 1.165) is 49.5 Å². The van der Waals surface area contributed by atoms with Gasteiger partial charge >= 0.3 is 5.97 Å². The van der Waals surface area contributed by atoms with Gasteiger partial charge in [-0.3, -0.25) is 4.79 Å². The lowest BCUT2D eigenvalue weighted by atomic mass is 9.44. The molecule has 0 bridgehead atoms. The van der Waals surface area contributed by atoms with Gasteiger partial charge in [0.1, 0.15) is 6.10 Å². The fraction of sp³-hybridized carbons (Fsp3) is 0.966. The maximum atomic E-state index is 11.5. The molecular formula is C29H46O4. The number of rotatable bonds is 1. The summed E-state index contributed by atoms with van der Waals surface area (Å²) in [6, 6.07) is 0. The second-order valence-electron chi connectivity index (χ2n) is 13.7. The minimum absolute atomic E-state index is 0.105. The van der Waals surface area contributed by atoms with Crippen molar-refractivity contribution in [3.8, 4) is 0 Å². The smallest absolute Gasteiger partial charge is 0.302 e. The van der Waals surface area contributed by atoms with Crippen molar-refractivity contribution in [1.82, 2.24) is 0 Å². The fourth-order valence-electron chi connectivity index (χ4n) is 10.6. The summed E-state index contributed by atoms with van der Waals surface area (Å²) in [5.41, 5.74) is 0.828. The summed E-state index contributed by atoms with van der Waals surface area (Å²) < 4.78 is 19.1. The third-order valence-electron chi connectivity index (χ3n) is 12.2. The number of carbonyl (C=O) groups excluding carboxylic acids is 1. The molecule has 12 atom stereocenters. The zero-order valence-electron chi connectivity index (χ0n) is 21.6. The van der Waals surface area contributed by atoms with Gasteiger partial charge in [0.15, 0.2) is 5.79 Å². The maximum absolute atomic E-state index is 11.5. The number of fused-ring (bicyclic) bond motifs is 7. The van der Waals surface area contributed by atoms with Gasteiger partial charge in [-0.1, -0.05) is 27.7 Å². The van der Waals surface area contributed by atoms with Crippen molar-refractivity contribution < 1.29 is 19.0 Å². The monoisotopic (exact) mass is 458 g/mol. The van der Waals surface area contributed by atoms with Gasteiger partial charge in [0.05, 0.1) is 12.7 Å². The highest BCUT2D eigenvalue weighted by molar-refractivity contribution is 5.66. The van der Waals surface area contributed by atoms with Gasteiger partial charge in [-0.15, -0.1) is 0 Å². The number of hydrogen-bond donors (Lipinski definition) is 0. The zero-order chi connectivity index (χ0) is 23.2. The van der Waals surface area contributed by atoms with Crippen molar-refractivity contribution in [3.63, 3.8) is 0 Å². The van der Waals surface area contributed by atoms with Gasteiger partial charge < -0.3 is 14.2 Å². The second kappa shape index (κ2) is 7.69. The third kappa shape index (κ3) is 3.25. The first kappa shape index (κ1) is 22.8. The lowest BCUT2D eigenvalue weighted by molar-refractivity contribution is -0.273. The first-order valence-corrected chi connectivity index (χ1v) is 14.2. The molecule has 0 aromatic rings. The summed E-state index contributed by atoms with van der Waals surface area (Å²) >= 11 is 0. The highest BCUT2D eigenvalue weighted by Gasteiger charge is 2.69. The van der Waals surface area contributed by atoms with Crippen LogP contribution in [-0.4, -0.2) is 30.6 Å². The summed E-state index contributed by atoms with van der Waals surface area (Å²) in [6.07, 6.45) is 12.9. The van der Waals surface area contributed by atoms with Crippen LogP contribution in [0.25, 0.3) is 0 Å². The second-order valence-corrected chi connectivity index (χ2v) is 13.7. The van der Waals surface area contributed by atoms with Crippen molar-refractivity contribution in [3.05, 3.63) is 0 Å². The number of ether oxygens (including phenoxy) is 3. The van der Waals surface area contributed by atoms with Gasteiger partial charge in [0, 0.05) is 19.3 Å². The van der Waals surface area contributed by atoms with E-state index in [4.69, 9.17) is 14.2 Å². The first-order chi connectivity index (χ1) is 15.7. The van der Waals surface area contributed by atoms with Crippen molar-refractivity contribution in [1.29, 1.82) is 0 Å². The molecule has 0 amide bonds. The van der Waals surface area contributed by atoms with Crippen LogP contribution in [0.3, 0.4) is 0 Å². The summed E-state index contributed by atoms with van der Waals surface area (Å²) in [6.45, 7) is 12.4. The molecule has 0 radical (unpaired) electrons. The summed E-state index contributed by atoms with van der Waals surface area (Å²) in [5, 5.41) is 0. The van der Waals surface area contributed by atoms with Gasteiger partial charge in [0.2, 0.25) is 0 Å². The Kier molecular flexibility index (Phi) is 5.32. The molecule has 0 unspecified atom stereocenters. The van der Waals surface area contributed by atoms with Crippen molar-refractivity contribution in [2.24, 2.45) is 52.3 Å². The van der Waals surface area contributed by atoms with E-state index in [1.54, 1.807) is 6.92 Å². The van der Waals surface area contributed by atoms with E-state index in [-0.39, 0.29) is 17.9 Å². The molecule has 6 aliphatic rings. The minimum Gasteiger partial charge on any atom is -0.463 e. The van der Waals surface area contributed by atoms with E-state index >= 15 is 0 Å². The molecule has 1 spiro atoms. The lowest BCUT2D eigenvalue weighted by Gasteiger charge is -2.61. The van der Waals surface area contributed by atoms with Gasteiger partial charge in [-0.25, -0.2) is 0 Å². The molecule has 0 N–H and O–H groups in total. The standard InChI is InChI=1S/C29H46O4/c1-17-8-13-29(31-16-17)18(2)26-25(33-29)15-24-22-7-6-20-14-21(32-19(3)30)9-11-27(20,4)23(22)10-12-28(24,26)5/h17-18,20-26H,6-16H2,1-5H3/t17-,18-,20-,21-,22+,23-,24-,25-,26-,27-,28-,29+/m0/s1. The molecule has 6 rings (SSSR count). The summed E-state index contributed by atoms with van der Waals surface area (Å²) in [7, 11) is 0. The van der Waals surface area contributed by atoms with Gasteiger partial charge in [0.25, 0.3) is 0 Å². The molecule has 4 nitrogen and oxygen atoms in total. The van der Waals surface area contributed by atoms with Crippen LogP contribution >= 0.6 is 0 Å². The molecule has 2 aliphatic heterocycles. The van der Waals surface area contributed by atoms with E-state index < -0.39 is 0 Å². The molecule has 33 heavy (non-hydrogen) atoms. The van der Waals surface area contributed by atoms with Crippen LogP contribution in [0.2, 0.25) is 0 Å². The fourth-order valence-corrected chi connectivity index (χ4v) is 10.6. The average Bonchev–Trinajstić information content (AvgIpc) is 3.21. The average molecular weight is 459 g/mol. The maximum Gasteiger partial charge on any atom is 0.302 e. The Labute approximate surface area is 200 Å². The Hall–Kier alpha value is -0.610. The predicted octanol–water partition coefficient (Wildman–Crippen LogP) is 6.36. The van der Waals surface area contributed by atoms with Crippen LogP contribution < -0.4 is 0 Å². The molecule has 4 heteroatoms. The Balaban J connectivity index is 1.21. The number of hydrogen-bond acceptors (Lipinski definition) is 4. The Morgan fingerprint density at radius 3 is 2.42 bits per heavy atom. The van der Waals surface area contributed by atoms with E-state index in [1.165, 1.54) is 44.9 Å². The van der Waals surface area contributed by atoms with E-state index in [2.05, 4.69) is 27.7 Å². The van der Waals surface area contributed by atoms with Crippen LogP contribution in [0, 0.1) is 52.3 Å². The van der Waals surface area contributed by atoms with Crippen molar-refractivity contribution in [2.75, 3.05) is 6.61 Å². The zero-order valence-corrected chi connectivity index (χ0v) is 21.6. The molecule has 2 saturated heterocycles. The highest BCUT2D eigenvalue weighted by Crippen LogP contribution is 2.71. The summed E-state index contributed by atoms with van der Waals surface area (Å²) in [4.78, 5) is 11.5. The lowest BCUT2D eigenvalue weighted by Crippen LogP contribution is -2.55.